The molecule has 4 N–H and O–H groups in total. The summed E-state index contributed by atoms with van der Waals surface area (Å²) in [7, 11) is 0. The van der Waals surface area contributed by atoms with Crippen LogP contribution in [0.1, 0.15) is 25.0 Å². The van der Waals surface area contributed by atoms with Crippen LogP contribution in [-0.4, -0.2) is 42.6 Å². The molecule has 5 heteroatoms. The fraction of sp³-hybridized carbons (Fsp3) is 0.571. The number of hydrogen-bond donors (Lipinski definition) is 3. The molecule has 1 rings (SSSR count). The summed E-state index contributed by atoms with van der Waals surface area (Å²) in [6.45, 7) is 3.86. The molecule has 1 aromatic rings. The molecule has 19 heavy (non-hydrogen) atoms. The van der Waals surface area contributed by atoms with Crippen molar-refractivity contribution in [1.29, 1.82) is 0 Å². The first kappa shape index (κ1) is 16.4. The van der Waals surface area contributed by atoms with E-state index in [0.29, 0.717) is 18.2 Å². The van der Waals surface area contributed by atoms with E-state index in [0.717, 1.165) is 18.5 Å². The van der Waals surface area contributed by atoms with Crippen LogP contribution in [-0.2, 0) is 4.74 Å². The highest BCUT2D eigenvalue weighted by molar-refractivity contribution is 6.30. The first-order valence-corrected chi connectivity index (χ1v) is 6.99. The van der Waals surface area contributed by atoms with Gasteiger partial charge in [0.15, 0.2) is 0 Å². The van der Waals surface area contributed by atoms with Crippen molar-refractivity contribution in [2.75, 3.05) is 26.3 Å². The third-order valence-electron chi connectivity index (χ3n) is 2.88. The van der Waals surface area contributed by atoms with Gasteiger partial charge < -0.3 is 20.3 Å². The predicted octanol–water partition coefficient (Wildman–Crippen LogP) is 0.724. The quantitative estimate of drug-likeness (QED) is 0.587. The Balaban J connectivity index is 2.22. The summed E-state index contributed by atoms with van der Waals surface area (Å²) in [6.07, 6.45) is 0.187. The molecule has 0 bridgehead atoms. The van der Waals surface area contributed by atoms with Gasteiger partial charge in [-0.2, -0.15) is 0 Å². The SMILES string of the molecule is C[C@H](OC[C@@H](O)C[NH2+]CCCO)c1ccc(Cl)cc1. The van der Waals surface area contributed by atoms with Gasteiger partial charge in [0.05, 0.1) is 19.3 Å². The van der Waals surface area contributed by atoms with Gasteiger partial charge in [0.2, 0.25) is 0 Å². The minimum atomic E-state index is -0.492. The van der Waals surface area contributed by atoms with Crippen molar-refractivity contribution in [2.24, 2.45) is 0 Å². The summed E-state index contributed by atoms with van der Waals surface area (Å²) in [5, 5.41) is 21.1. The lowest BCUT2D eigenvalue weighted by Gasteiger charge is -2.16. The average molecular weight is 289 g/mol. The standard InChI is InChI=1S/C14H22ClNO3/c1-11(12-3-5-13(15)6-4-12)19-10-14(18)9-16-7-2-8-17/h3-6,11,14,16-18H,2,7-10H2,1H3/p+1/t11-,14-/m0/s1. The largest absolute Gasteiger partial charge is 0.396 e. The van der Waals surface area contributed by atoms with Crippen LogP contribution in [0.15, 0.2) is 24.3 Å². The molecule has 2 atom stereocenters. The molecule has 0 radical (unpaired) electrons. The maximum atomic E-state index is 9.75. The highest BCUT2D eigenvalue weighted by Crippen LogP contribution is 2.19. The summed E-state index contributed by atoms with van der Waals surface area (Å²) in [5.74, 6) is 0. The van der Waals surface area contributed by atoms with Crippen molar-refractivity contribution in [3.63, 3.8) is 0 Å². The Kier molecular flexibility index (Phi) is 8.02. The summed E-state index contributed by atoms with van der Waals surface area (Å²) < 4.78 is 5.62. The lowest BCUT2D eigenvalue weighted by molar-refractivity contribution is -0.661. The molecular weight excluding hydrogens is 266 g/mol. The number of ether oxygens (including phenoxy) is 1. The van der Waals surface area contributed by atoms with Gasteiger partial charge in [-0.05, 0) is 24.6 Å². The maximum absolute atomic E-state index is 9.75. The molecule has 0 saturated heterocycles. The molecule has 0 aliphatic rings. The predicted molar refractivity (Wildman–Crippen MR) is 75.2 cm³/mol. The number of benzene rings is 1. The second-order valence-electron chi connectivity index (χ2n) is 4.57. The van der Waals surface area contributed by atoms with E-state index in [2.05, 4.69) is 0 Å². The highest BCUT2D eigenvalue weighted by Gasteiger charge is 2.11. The first-order valence-electron chi connectivity index (χ1n) is 6.61. The van der Waals surface area contributed by atoms with Gasteiger partial charge in [-0.1, -0.05) is 23.7 Å². The summed E-state index contributed by atoms with van der Waals surface area (Å²) in [4.78, 5) is 0. The Labute approximate surface area is 119 Å². The highest BCUT2D eigenvalue weighted by atomic mass is 35.5. The molecule has 0 aliphatic carbocycles. The molecule has 1 aromatic carbocycles. The van der Waals surface area contributed by atoms with Gasteiger partial charge >= 0.3 is 0 Å². The van der Waals surface area contributed by atoms with Crippen molar-refractivity contribution in [2.45, 2.75) is 25.6 Å². The second-order valence-corrected chi connectivity index (χ2v) is 5.01. The number of quaternary nitrogens is 1. The molecule has 0 spiro atoms. The number of rotatable bonds is 9. The van der Waals surface area contributed by atoms with E-state index < -0.39 is 6.10 Å². The zero-order valence-electron chi connectivity index (χ0n) is 11.3. The number of halogens is 1. The molecule has 0 unspecified atom stereocenters. The second kappa shape index (κ2) is 9.28. The molecule has 0 aromatic heterocycles. The summed E-state index contributed by atoms with van der Waals surface area (Å²) in [6, 6.07) is 7.51. The van der Waals surface area contributed by atoms with Gasteiger partial charge in [-0.15, -0.1) is 0 Å². The lowest BCUT2D eigenvalue weighted by atomic mass is 10.1. The van der Waals surface area contributed by atoms with Crippen molar-refractivity contribution in [1.82, 2.24) is 0 Å². The van der Waals surface area contributed by atoms with E-state index in [-0.39, 0.29) is 12.7 Å². The van der Waals surface area contributed by atoms with Crippen molar-refractivity contribution >= 4 is 11.6 Å². The average Bonchev–Trinajstić information content (AvgIpc) is 2.42. The third-order valence-corrected chi connectivity index (χ3v) is 3.14. The number of aliphatic hydroxyl groups excluding tert-OH is 2. The van der Waals surface area contributed by atoms with Crippen LogP contribution in [0.4, 0.5) is 0 Å². The van der Waals surface area contributed by atoms with E-state index in [9.17, 15) is 5.11 Å². The van der Waals surface area contributed by atoms with Crippen LogP contribution < -0.4 is 5.32 Å². The Morgan fingerprint density at radius 2 is 2.00 bits per heavy atom. The van der Waals surface area contributed by atoms with E-state index in [1.165, 1.54) is 0 Å². The smallest absolute Gasteiger partial charge is 0.126 e. The van der Waals surface area contributed by atoms with Crippen molar-refractivity contribution in [3.05, 3.63) is 34.9 Å². The normalized spacial score (nSPS) is 14.3. The van der Waals surface area contributed by atoms with Crippen LogP contribution in [0, 0.1) is 0 Å². The molecule has 0 aliphatic heterocycles. The van der Waals surface area contributed by atoms with E-state index in [1.54, 1.807) is 0 Å². The molecule has 4 nitrogen and oxygen atoms in total. The monoisotopic (exact) mass is 288 g/mol. The minimum absolute atomic E-state index is 0.0654. The molecule has 0 amide bonds. The van der Waals surface area contributed by atoms with Crippen LogP contribution in [0.5, 0.6) is 0 Å². The van der Waals surface area contributed by atoms with Crippen LogP contribution >= 0.6 is 11.6 Å². The van der Waals surface area contributed by atoms with Crippen LogP contribution in [0.2, 0.25) is 5.02 Å². The zero-order chi connectivity index (χ0) is 14.1. The lowest BCUT2D eigenvalue weighted by Crippen LogP contribution is -2.86. The zero-order valence-corrected chi connectivity index (χ0v) is 12.0. The third kappa shape index (κ3) is 6.89. The molecule has 0 saturated carbocycles. The van der Waals surface area contributed by atoms with Crippen molar-refractivity contribution in [3.8, 4) is 0 Å². The van der Waals surface area contributed by atoms with E-state index >= 15 is 0 Å². The topological polar surface area (TPSA) is 66.3 Å². The molecule has 0 fully saturated rings. The number of aliphatic hydroxyl groups is 2. The Bertz CT molecular complexity index is 345. The maximum Gasteiger partial charge on any atom is 0.126 e. The minimum Gasteiger partial charge on any atom is -0.396 e. The van der Waals surface area contributed by atoms with Gasteiger partial charge in [0, 0.05) is 18.1 Å². The summed E-state index contributed by atoms with van der Waals surface area (Å²) in [5.41, 5.74) is 1.04. The fourth-order valence-corrected chi connectivity index (χ4v) is 1.83. The fourth-order valence-electron chi connectivity index (χ4n) is 1.70. The van der Waals surface area contributed by atoms with Gasteiger partial charge in [-0.3, -0.25) is 0 Å². The van der Waals surface area contributed by atoms with Crippen LogP contribution in [0.25, 0.3) is 0 Å². The Hall–Kier alpha value is -0.650. The number of nitrogens with two attached hydrogens (primary N) is 1. The number of hydrogen-bond acceptors (Lipinski definition) is 3. The van der Waals surface area contributed by atoms with Crippen LogP contribution in [0.3, 0.4) is 0 Å². The molecular formula is C14H23ClNO3+. The first-order chi connectivity index (χ1) is 9.13. The van der Waals surface area contributed by atoms with Gasteiger partial charge in [-0.25, -0.2) is 0 Å². The summed E-state index contributed by atoms with van der Waals surface area (Å²) >= 11 is 5.82. The molecule has 108 valence electrons. The van der Waals surface area contributed by atoms with Gasteiger partial charge in [0.25, 0.3) is 0 Å². The molecule has 0 heterocycles. The van der Waals surface area contributed by atoms with E-state index in [1.807, 2.05) is 36.5 Å². The Morgan fingerprint density at radius 1 is 1.32 bits per heavy atom. The van der Waals surface area contributed by atoms with Crippen molar-refractivity contribution < 1.29 is 20.3 Å². The Morgan fingerprint density at radius 3 is 2.63 bits per heavy atom. The van der Waals surface area contributed by atoms with Gasteiger partial charge in [0.1, 0.15) is 12.6 Å². The van der Waals surface area contributed by atoms with E-state index in [4.69, 9.17) is 21.4 Å².